The molecule has 2 unspecified atom stereocenters. The van der Waals surface area contributed by atoms with Crippen LogP contribution in [0.3, 0.4) is 0 Å². The van der Waals surface area contributed by atoms with Gasteiger partial charge in [0.1, 0.15) is 0 Å². The predicted octanol–water partition coefficient (Wildman–Crippen LogP) is 1.01. The summed E-state index contributed by atoms with van der Waals surface area (Å²) < 4.78 is 5.50. The van der Waals surface area contributed by atoms with E-state index in [1.807, 2.05) is 7.05 Å². The van der Waals surface area contributed by atoms with Crippen molar-refractivity contribution in [3.8, 4) is 0 Å². The van der Waals surface area contributed by atoms with Crippen LogP contribution >= 0.6 is 24.0 Å². The Morgan fingerprint density at radius 1 is 0.964 bits per heavy atom. The molecular formula is C20H43IN6O. The van der Waals surface area contributed by atoms with Gasteiger partial charge in [-0.15, -0.1) is 24.0 Å². The fourth-order valence-corrected chi connectivity index (χ4v) is 3.92. The van der Waals surface area contributed by atoms with E-state index in [-0.39, 0.29) is 24.0 Å². The highest BCUT2D eigenvalue weighted by atomic mass is 127. The molecule has 0 amide bonds. The molecule has 2 saturated heterocycles. The fraction of sp³-hybridized carbons (Fsp3) is 0.950. The predicted molar refractivity (Wildman–Crippen MR) is 129 cm³/mol. The largest absolute Gasteiger partial charge is 0.379 e. The number of likely N-dealkylation sites (N-methyl/N-ethyl adjacent to an activating group) is 1. The highest BCUT2D eigenvalue weighted by molar-refractivity contribution is 14.0. The average Bonchev–Trinajstić information content (AvgIpc) is 2.67. The Morgan fingerprint density at radius 2 is 1.57 bits per heavy atom. The Kier molecular flexibility index (Phi) is 12.9. The number of aliphatic imine (C=N–C) groups is 1. The van der Waals surface area contributed by atoms with Gasteiger partial charge in [0.25, 0.3) is 0 Å². The number of nitrogens with one attached hydrogen (secondary N) is 2. The lowest BCUT2D eigenvalue weighted by Gasteiger charge is -2.37. The van der Waals surface area contributed by atoms with Crippen molar-refractivity contribution >= 4 is 29.9 Å². The van der Waals surface area contributed by atoms with E-state index in [1.165, 1.54) is 26.2 Å². The Bertz CT molecular complexity index is 436. The van der Waals surface area contributed by atoms with E-state index in [2.05, 4.69) is 58.1 Å². The van der Waals surface area contributed by atoms with Crippen LogP contribution in [0, 0.1) is 11.8 Å². The number of ether oxygens (including phenoxy) is 1. The van der Waals surface area contributed by atoms with E-state index < -0.39 is 0 Å². The van der Waals surface area contributed by atoms with Crippen LogP contribution in [-0.2, 0) is 4.74 Å². The zero-order chi connectivity index (χ0) is 19.6. The standard InChI is InChI=1S/C20H42N6O.HI/c1-17(2)19(26-10-12-27-13-11-26)15-23-20(21-4)22-14-18(3)16-25-8-6-24(5)7-9-25;/h17-19H,6-16H2,1-5H3,(H2,21,22,23);1H. The Morgan fingerprint density at radius 3 is 2.14 bits per heavy atom. The number of hydrogen-bond donors (Lipinski definition) is 2. The second-order valence-corrected chi connectivity index (χ2v) is 8.50. The molecule has 0 bridgehead atoms. The molecule has 0 aromatic rings. The minimum Gasteiger partial charge on any atom is -0.379 e. The van der Waals surface area contributed by atoms with Crippen LogP contribution in [0.4, 0.5) is 0 Å². The van der Waals surface area contributed by atoms with Gasteiger partial charge in [-0.3, -0.25) is 9.89 Å². The van der Waals surface area contributed by atoms with Gasteiger partial charge in [-0.2, -0.15) is 0 Å². The maximum absolute atomic E-state index is 5.50. The first-order valence-electron chi connectivity index (χ1n) is 10.7. The van der Waals surface area contributed by atoms with Crippen molar-refractivity contribution in [1.82, 2.24) is 25.3 Å². The molecule has 0 aromatic heterocycles. The number of guanidine groups is 1. The van der Waals surface area contributed by atoms with Crippen LogP contribution in [0.15, 0.2) is 4.99 Å². The molecule has 2 aliphatic heterocycles. The Balaban J connectivity index is 0.00000392. The maximum atomic E-state index is 5.50. The van der Waals surface area contributed by atoms with Crippen molar-refractivity contribution < 1.29 is 4.74 Å². The van der Waals surface area contributed by atoms with Gasteiger partial charge in [-0.25, -0.2) is 0 Å². The van der Waals surface area contributed by atoms with E-state index in [4.69, 9.17) is 4.74 Å². The molecule has 2 atom stereocenters. The average molecular weight is 511 g/mol. The van der Waals surface area contributed by atoms with Crippen molar-refractivity contribution in [1.29, 1.82) is 0 Å². The molecular weight excluding hydrogens is 467 g/mol. The molecule has 0 spiro atoms. The highest BCUT2D eigenvalue weighted by Crippen LogP contribution is 2.12. The van der Waals surface area contributed by atoms with Gasteiger partial charge in [0.05, 0.1) is 13.2 Å². The number of hydrogen-bond acceptors (Lipinski definition) is 5. The van der Waals surface area contributed by atoms with Crippen LogP contribution < -0.4 is 10.6 Å². The van der Waals surface area contributed by atoms with Crippen molar-refractivity contribution in [2.75, 3.05) is 86.2 Å². The molecule has 0 saturated carbocycles. The van der Waals surface area contributed by atoms with E-state index in [1.54, 1.807) is 0 Å². The summed E-state index contributed by atoms with van der Waals surface area (Å²) in [5, 5.41) is 7.07. The van der Waals surface area contributed by atoms with E-state index in [9.17, 15) is 0 Å². The summed E-state index contributed by atoms with van der Waals surface area (Å²) in [6.07, 6.45) is 0. The summed E-state index contributed by atoms with van der Waals surface area (Å²) in [6, 6.07) is 0.509. The number of rotatable bonds is 8. The van der Waals surface area contributed by atoms with Gasteiger partial charge in [-0.05, 0) is 18.9 Å². The first-order chi connectivity index (χ1) is 13.0. The van der Waals surface area contributed by atoms with Crippen molar-refractivity contribution in [3.63, 3.8) is 0 Å². The molecule has 0 aromatic carbocycles. The van der Waals surface area contributed by atoms with Crippen LogP contribution in [0.1, 0.15) is 20.8 Å². The zero-order valence-corrected chi connectivity index (χ0v) is 20.9. The molecule has 2 fully saturated rings. The van der Waals surface area contributed by atoms with Crippen LogP contribution in [0.25, 0.3) is 0 Å². The van der Waals surface area contributed by atoms with Gasteiger partial charge in [0.2, 0.25) is 0 Å². The van der Waals surface area contributed by atoms with Gasteiger partial charge in [-0.1, -0.05) is 20.8 Å². The number of halogens is 1. The van der Waals surface area contributed by atoms with Crippen molar-refractivity contribution in [2.45, 2.75) is 26.8 Å². The minimum atomic E-state index is 0. The number of piperazine rings is 1. The third kappa shape index (κ3) is 9.11. The first-order valence-corrected chi connectivity index (χ1v) is 10.7. The quantitative estimate of drug-likeness (QED) is 0.289. The first kappa shape index (κ1) is 25.9. The molecule has 2 N–H and O–H groups in total. The lowest BCUT2D eigenvalue weighted by atomic mass is 10.0. The highest BCUT2D eigenvalue weighted by Gasteiger charge is 2.24. The van der Waals surface area contributed by atoms with E-state index >= 15 is 0 Å². The maximum Gasteiger partial charge on any atom is 0.191 e. The topological polar surface area (TPSA) is 55.4 Å². The lowest BCUT2D eigenvalue weighted by Crippen LogP contribution is -2.53. The summed E-state index contributed by atoms with van der Waals surface area (Å²) in [4.78, 5) is 12.0. The molecule has 2 heterocycles. The van der Waals surface area contributed by atoms with Crippen LogP contribution in [0.2, 0.25) is 0 Å². The van der Waals surface area contributed by atoms with E-state index in [0.717, 1.165) is 51.9 Å². The van der Waals surface area contributed by atoms with Crippen molar-refractivity contribution in [3.05, 3.63) is 0 Å². The lowest BCUT2D eigenvalue weighted by molar-refractivity contribution is 0.00752. The molecule has 2 aliphatic rings. The van der Waals surface area contributed by atoms with Crippen LogP contribution in [0.5, 0.6) is 0 Å². The molecule has 0 radical (unpaired) electrons. The monoisotopic (exact) mass is 510 g/mol. The smallest absolute Gasteiger partial charge is 0.191 e. The second-order valence-electron chi connectivity index (χ2n) is 8.50. The molecule has 8 heteroatoms. The SMILES string of the molecule is CN=C(NCC(C)CN1CCN(C)CC1)NCC(C(C)C)N1CCOCC1.I. The Hall–Kier alpha value is -0.160. The van der Waals surface area contributed by atoms with Gasteiger partial charge in [0.15, 0.2) is 5.96 Å². The van der Waals surface area contributed by atoms with Gasteiger partial charge < -0.3 is 25.2 Å². The van der Waals surface area contributed by atoms with Crippen LogP contribution in [-0.4, -0.2) is 113 Å². The fourth-order valence-electron chi connectivity index (χ4n) is 3.92. The van der Waals surface area contributed by atoms with Crippen molar-refractivity contribution in [2.24, 2.45) is 16.8 Å². The third-order valence-electron chi connectivity index (χ3n) is 5.77. The summed E-state index contributed by atoms with van der Waals surface area (Å²) in [7, 11) is 4.07. The normalized spacial score (nSPS) is 22.6. The molecule has 7 nitrogen and oxygen atoms in total. The molecule has 0 aliphatic carbocycles. The third-order valence-corrected chi connectivity index (χ3v) is 5.77. The number of nitrogens with zero attached hydrogens (tertiary/aromatic N) is 4. The van der Waals surface area contributed by atoms with E-state index in [0.29, 0.717) is 17.9 Å². The molecule has 28 heavy (non-hydrogen) atoms. The summed E-state index contributed by atoms with van der Waals surface area (Å²) in [6.45, 7) is 18.4. The summed E-state index contributed by atoms with van der Waals surface area (Å²) in [5.41, 5.74) is 0. The second kappa shape index (κ2) is 14.0. The molecule has 166 valence electrons. The van der Waals surface area contributed by atoms with Gasteiger partial charge >= 0.3 is 0 Å². The zero-order valence-electron chi connectivity index (χ0n) is 18.6. The number of morpholine rings is 1. The van der Waals surface area contributed by atoms with Gasteiger partial charge in [0, 0.05) is 72.0 Å². The minimum absolute atomic E-state index is 0. The summed E-state index contributed by atoms with van der Waals surface area (Å²) >= 11 is 0. The Labute approximate surface area is 189 Å². The summed E-state index contributed by atoms with van der Waals surface area (Å²) in [5.74, 6) is 2.12. The molecule has 2 rings (SSSR count).